The zero-order chi connectivity index (χ0) is 23.6. The van der Waals surface area contributed by atoms with Crippen LogP contribution < -0.4 is 22.1 Å². The molecule has 3 amide bonds. The molecule has 0 radical (unpaired) electrons. The number of ether oxygens (including phenoxy) is 2. The van der Waals surface area contributed by atoms with Gasteiger partial charge in [-0.2, -0.15) is 0 Å². The third-order valence-corrected chi connectivity index (χ3v) is 4.91. The van der Waals surface area contributed by atoms with Crippen LogP contribution in [0.5, 0.6) is 0 Å². The van der Waals surface area contributed by atoms with E-state index >= 15 is 0 Å². The largest absolute Gasteiger partial charge is 0.388 e. The first-order chi connectivity index (χ1) is 14.5. The highest BCUT2D eigenvalue weighted by Gasteiger charge is 2.42. The number of primary amides is 1. The monoisotopic (exact) mass is 448 g/mol. The van der Waals surface area contributed by atoms with Gasteiger partial charge in [0.2, 0.25) is 17.7 Å². The Bertz CT molecular complexity index is 591. The van der Waals surface area contributed by atoms with Crippen molar-refractivity contribution in [2.75, 3.05) is 13.2 Å². The van der Waals surface area contributed by atoms with E-state index in [1.165, 1.54) is 6.92 Å². The van der Waals surface area contributed by atoms with Gasteiger partial charge in [-0.15, -0.1) is 0 Å². The molecule has 1 saturated heterocycles. The van der Waals surface area contributed by atoms with E-state index in [1.54, 1.807) is 6.92 Å². The fraction of sp³-hybridized carbons (Fsp3) is 0.842. The number of amides is 3. The summed E-state index contributed by atoms with van der Waals surface area (Å²) in [6.07, 6.45) is -2.88. The van der Waals surface area contributed by atoms with E-state index in [0.29, 0.717) is 26.0 Å². The number of hydrogen-bond acceptors (Lipinski definition) is 9. The summed E-state index contributed by atoms with van der Waals surface area (Å²) in [5.41, 5.74) is 10.6. The summed E-state index contributed by atoms with van der Waals surface area (Å²) in [7, 11) is 0. The molecule has 0 aromatic rings. The Morgan fingerprint density at radius 3 is 2.29 bits per heavy atom. The number of aliphatic hydroxyl groups is 3. The van der Waals surface area contributed by atoms with Crippen molar-refractivity contribution in [3.05, 3.63) is 0 Å². The van der Waals surface area contributed by atoms with Gasteiger partial charge < -0.3 is 46.9 Å². The van der Waals surface area contributed by atoms with Gasteiger partial charge in [-0.05, 0) is 26.7 Å². The van der Waals surface area contributed by atoms with Crippen LogP contribution in [0.3, 0.4) is 0 Å². The smallest absolute Gasteiger partial charge is 0.243 e. The highest BCUT2D eigenvalue weighted by molar-refractivity contribution is 5.92. The van der Waals surface area contributed by atoms with E-state index < -0.39 is 60.5 Å². The average Bonchev–Trinajstić information content (AvgIpc) is 2.70. The van der Waals surface area contributed by atoms with Gasteiger partial charge in [0.05, 0.1) is 18.6 Å². The molecule has 0 saturated carbocycles. The minimum absolute atomic E-state index is 0.299. The first kappa shape index (κ1) is 27.2. The lowest BCUT2D eigenvalue weighted by molar-refractivity contribution is -0.293. The minimum Gasteiger partial charge on any atom is -0.388 e. The Hall–Kier alpha value is -1.83. The summed E-state index contributed by atoms with van der Waals surface area (Å²) in [6, 6.07) is -1.88. The van der Waals surface area contributed by atoms with Gasteiger partial charge in [-0.3, -0.25) is 14.4 Å². The number of nitrogens with one attached hydrogen (secondary N) is 2. The van der Waals surface area contributed by atoms with Crippen LogP contribution in [0.15, 0.2) is 0 Å². The molecule has 180 valence electrons. The molecule has 12 nitrogen and oxygen atoms in total. The molecular formula is C19H36N4O8. The second kappa shape index (κ2) is 13.6. The summed E-state index contributed by atoms with van der Waals surface area (Å²) in [4.78, 5) is 35.0. The maximum atomic E-state index is 12.2. The molecule has 0 bridgehead atoms. The lowest BCUT2D eigenvalue weighted by atomic mass is 10.0. The van der Waals surface area contributed by atoms with Gasteiger partial charge in [0.1, 0.15) is 24.4 Å². The predicted octanol–water partition coefficient (Wildman–Crippen LogP) is -2.79. The van der Waals surface area contributed by atoms with Gasteiger partial charge in [0.25, 0.3) is 0 Å². The quantitative estimate of drug-likeness (QED) is 0.145. The molecule has 7 atom stereocenters. The van der Waals surface area contributed by atoms with Crippen molar-refractivity contribution in [2.45, 2.75) is 88.7 Å². The molecule has 0 aromatic carbocycles. The van der Waals surface area contributed by atoms with E-state index in [2.05, 4.69) is 10.6 Å². The van der Waals surface area contributed by atoms with E-state index in [0.717, 1.165) is 12.8 Å². The van der Waals surface area contributed by atoms with Crippen LogP contribution >= 0.6 is 0 Å². The first-order valence-corrected chi connectivity index (χ1v) is 10.5. The zero-order valence-corrected chi connectivity index (χ0v) is 18.0. The van der Waals surface area contributed by atoms with E-state index in [4.69, 9.17) is 20.9 Å². The number of aliphatic hydroxyl groups excluding tert-OH is 3. The van der Waals surface area contributed by atoms with Gasteiger partial charge in [-0.25, -0.2) is 0 Å². The Morgan fingerprint density at radius 1 is 1.03 bits per heavy atom. The summed E-state index contributed by atoms with van der Waals surface area (Å²) in [5.74, 6) is -1.77. The van der Waals surface area contributed by atoms with Crippen LogP contribution in [0.2, 0.25) is 0 Å². The van der Waals surface area contributed by atoms with Crippen LogP contribution in [0.25, 0.3) is 0 Å². The normalized spacial score (nSPS) is 27.9. The Kier molecular flexibility index (Phi) is 11.9. The third kappa shape index (κ3) is 9.46. The van der Waals surface area contributed by atoms with Crippen LogP contribution in [-0.2, 0) is 23.9 Å². The topological polar surface area (TPSA) is 206 Å². The SMILES string of the molecule is C[C@H](N)C(=O)N[C@@H](CC(N)=O)C(=O)NCCCCCCO[C@H]1O[C@@H](C)[C@@H](O)[C@@H](O)[C@@H]1O. The average molecular weight is 449 g/mol. The number of unbranched alkanes of at least 4 members (excludes halogenated alkanes) is 3. The molecule has 0 aliphatic carbocycles. The van der Waals surface area contributed by atoms with Crippen molar-refractivity contribution in [3.8, 4) is 0 Å². The third-order valence-electron chi connectivity index (χ3n) is 4.91. The van der Waals surface area contributed by atoms with Crippen molar-refractivity contribution >= 4 is 17.7 Å². The molecule has 1 heterocycles. The minimum atomic E-state index is -1.33. The van der Waals surface area contributed by atoms with Gasteiger partial charge >= 0.3 is 0 Å². The zero-order valence-electron chi connectivity index (χ0n) is 18.0. The molecule has 0 spiro atoms. The Morgan fingerprint density at radius 2 is 1.68 bits per heavy atom. The van der Waals surface area contributed by atoms with Crippen LogP contribution in [0.1, 0.15) is 46.0 Å². The molecule has 9 N–H and O–H groups in total. The lowest BCUT2D eigenvalue weighted by Crippen LogP contribution is -2.57. The highest BCUT2D eigenvalue weighted by atomic mass is 16.7. The molecule has 1 rings (SSSR count). The van der Waals surface area contributed by atoms with Crippen molar-refractivity contribution in [1.29, 1.82) is 0 Å². The van der Waals surface area contributed by atoms with Crippen LogP contribution in [0, 0.1) is 0 Å². The van der Waals surface area contributed by atoms with E-state index in [-0.39, 0.29) is 6.42 Å². The van der Waals surface area contributed by atoms with Gasteiger partial charge in [0.15, 0.2) is 6.29 Å². The fourth-order valence-electron chi connectivity index (χ4n) is 2.98. The Labute approximate surface area is 181 Å². The molecule has 0 unspecified atom stereocenters. The molecule has 0 aromatic heterocycles. The number of carbonyl (C=O) groups is 3. The van der Waals surface area contributed by atoms with Crippen LogP contribution in [0.4, 0.5) is 0 Å². The van der Waals surface area contributed by atoms with E-state index in [1.807, 2.05) is 0 Å². The summed E-state index contributed by atoms with van der Waals surface area (Å²) in [6.45, 7) is 3.70. The number of hydrogen-bond donors (Lipinski definition) is 7. The fourth-order valence-corrected chi connectivity index (χ4v) is 2.98. The highest BCUT2D eigenvalue weighted by Crippen LogP contribution is 2.21. The second-order valence-electron chi connectivity index (χ2n) is 7.78. The molecule has 1 fully saturated rings. The maximum Gasteiger partial charge on any atom is 0.243 e. The summed E-state index contributed by atoms with van der Waals surface area (Å²) < 4.78 is 10.8. The Balaban J connectivity index is 2.21. The predicted molar refractivity (Wildman–Crippen MR) is 109 cm³/mol. The summed E-state index contributed by atoms with van der Waals surface area (Å²) in [5, 5.41) is 34.3. The van der Waals surface area contributed by atoms with Gasteiger partial charge in [-0.1, -0.05) is 12.8 Å². The number of rotatable bonds is 13. The molecular weight excluding hydrogens is 412 g/mol. The van der Waals surface area contributed by atoms with Crippen molar-refractivity contribution in [2.24, 2.45) is 11.5 Å². The first-order valence-electron chi connectivity index (χ1n) is 10.5. The molecule has 12 heteroatoms. The molecule has 31 heavy (non-hydrogen) atoms. The molecule has 1 aliphatic rings. The number of carbonyl (C=O) groups excluding carboxylic acids is 3. The molecule has 1 aliphatic heterocycles. The second-order valence-corrected chi connectivity index (χ2v) is 7.78. The van der Waals surface area contributed by atoms with Crippen molar-refractivity contribution < 1.29 is 39.2 Å². The van der Waals surface area contributed by atoms with Crippen molar-refractivity contribution in [1.82, 2.24) is 10.6 Å². The lowest BCUT2D eigenvalue weighted by Gasteiger charge is -2.38. The van der Waals surface area contributed by atoms with Crippen LogP contribution in [-0.4, -0.2) is 89.0 Å². The summed E-state index contributed by atoms with van der Waals surface area (Å²) >= 11 is 0. The van der Waals surface area contributed by atoms with Gasteiger partial charge in [0, 0.05) is 13.2 Å². The maximum absolute atomic E-state index is 12.2. The van der Waals surface area contributed by atoms with Crippen molar-refractivity contribution in [3.63, 3.8) is 0 Å². The van der Waals surface area contributed by atoms with E-state index in [9.17, 15) is 29.7 Å². The standard InChI is InChI=1S/C19H36N4O8/c1-10(20)17(28)23-12(9-13(21)24)18(29)22-7-5-3-4-6-8-30-19-16(27)15(26)14(25)11(2)31-19/h10-12,14-16,19,25-27H,3-9,20H2,1-2H3,(H2,21,24)(H,22,29)(H,23,28)/t10-,11-,12-,14+,15+,16-,19-/m0/s1. The number of nitrogens with two attached hydrogens (primary N) is 2.